The summed E-state index contributed by atoms with van der Waals surface area (Å²) in [5.74, 6) is -0.185. The van der Waals surface area contributed by atoms with Crippen molar-refractivity contribution in [3.05, 3.63) is 46.6 Å². The van der Waals surface area contributed by atoms with Crippen LogP contribution in [-0.4, -0.2) is 33.8 Å². The van der Waals surface area contributed by atoms with Crippen molar-refractivity contribution >= 4 is 28.6 Å². The van der Waals surface area contributed by atoms with Gasteiger partial charge in [-0.05, 0) is 44.0 Å². The smallest absolute Gasteiger partial charge is 0.306 e. The van der Waals surface area contributed by atoms with Crippen LogP contribution in [-0.2, 0) is 14.3 Å². The molecule has 0 unspecified atom stereocenters. The van der Waals surface area contributed by atoms with E-state index in [2.05, 4.69) is 27.3 Å². The van der Waals surface area contributed by atoms with Crippen LogP contribution in [0.2, 0.25) is 0 Å². The van der Waals surface area contributed by atoms with Crippen molar-refractivity contribution < 1.29 is 14.3 Å². The van der Waals surface area contributed by atoms with E-state index in [1.54, 1.807) is 0 Å². The van der Waals surface area contributed by atoms with Gasteiger partial charge in [0.15, 0.2) is 11.6 Å². The Morgan fingerprint density at radius 1 is 1.17 bits per heavy atom. The number of methoxy groups -OCH3 is 1. The molecule has 2 aromatic heterocycles. The van der Waals surface area contributed by atoms with Gasteiger partial charge in [-0.1, -0.05) is 11.6 Å². The Balaban J connectivity index is 2.02. The number of carbonyl (C=O) groups excluding carboxylic acids is 2. The first kappa shape index (κ1) is 20.0. The minimum atomic E-state index is -0.480. The van der Waals surface area contributed by atoms with Gasteiger partial charge in [-0.25, -0.2) is 4.98 Å². The van der Waals surface area contributed by atoms with Crippen LogP contribution >= 0.6 is 0 Å². The highest BCUT2D eigenvalue weighted by atomic mass is 16.5. The van der Waals surface area contributed by atoms with Crippen molar-refractivity contribution in [3.63, 3.8) is 0 Å². The van der Waals surface area contributed by atoms with E-state index in [1.807, 2.05) is 32.9 Å². The molecule has 29 heavy (non-hydrogen) atoms. The van der Waals surface area contributed by atoms with Gasteiger partial charge in [0.25, 0.3) is 0 Å². The van der Waals surface area contributed by atoms with E-state index in [4.69, 9.17) is 4.98 Å². The Morgan fingerprint density at radius 3 is 2.62 bits per heavy atom. The molecule has 0 fully saturated rings. The summed E-state index contributed by atoms with van der Waals surface area (Å²) in [6, 6.07) is 8.01. The van der Waals surface area contributed by atoms with Gasteiger partial charge in [-0.3, -0.25) is 9.59 Å². The lowest BCUT2D eigenvalue weighted by Crippen LogP contribution is -2.17. The number of anilines is 1. The number of benzene rings is 1. The maximum atomic E-state index is 12.3. The second-order valence-corrected chi connectivity index (χ2v) is 6.83. The van der Waals surface area contributed by atoms with Crippen LogP contribution in [0.15, 0.2) is 24.4 Å². The minimum Gasteiger partial charge on any atom is -0.469 e. The average molecular weight is 391 g/mol. The summed E-state index contributed by atoms with van der Waals surface area (Å²) in [6.07, 6.45) is 1.26. The van der Waals surface area contributed by atoms with E-state index in [0.29, 0.717) is 5.82 Å². The molecule has 0 aliphatic rings. The molecule has 148 valence electrons. The predicted octanol–water partition coefficient (Wildman–Crippen LogP) is 3.11. The van der Waals surface area contributed by atoms with Crippen molar-refractivity contribution in [2.45, 2.75) is 33.6 Å². The summed E-state index contributed by atoms with van der Waals surface area (Å²) in [5.41, 5.74) is 4.23. The summed E-state index contributed by atoms with van der Waals surface area (Å²) in [6.45, 7) is 6.01. The zero-order valence-electron chi connectivity index (χ0n) is 16.7. The third kappa shape index (κ3) is 4.09. The van der Waals surface area contributed by atoms with Crippen molar-refractivity contribution in [1.29, 1.82) is 5.26 Å². The molecule has 0 atom stereocenters. The molecule has 0 aliphatic heterocycles. The number of nitriles is 1. The summed E-state index contributed by atoms with van der Waals surface area (Å²) >= 11 is 0. The van der Waals surface area contributed by atoms with Crippen LogP contribution in [0, 0.1) is 32.1 Å². The highest BCUT2D eigenvalue weighted by Gasteiger charge is 2.18. The van der Waals surface area contributed by atoms with Gasteiger partial charge in [0.2, 0.25) is 5.91 Å². The monoisotopic (exact) mass is 391 g/mol. The predicted molar refractivity (Wildman–Crippen MR) is 108 cm³/mol. The van der Waals surface area contributed by atoms with E-state index in [9.17, 15) is 14.9 Å². The number of nitrogens with one attached hydrogen (secondary N) is 1. The number of aryl methyl sites for hydroxylation is 3. The van der Waals surface area contributed by atoms with E-state index in [-0.39, 0.29) is 24.2 Å². The Bertz CT molecular complexity index is 1160. The summed E-state index contributed by atoms with van der Waals surface area (Å²) < 4.78 is 5.98. The number of fused-ring (bicyclic) bond motifs is 1. The molecular weight excluding hydrogens is 370 g/mol. The molecule has 2 heterocycles. The fourth-order valence-electron chi connectivity index (χ4n) is 3.17. The highest BCUT2D eigenvalue weighted by molar-refractivity contribution is 5.93. The number of esters is 1. The van der Waals surface area contributed by atoms with Crippen molar-refractivity contribution in [1.82, 2.24) is 14.8 Å². The highest BCUT2D eigenvalue weighted by Crippen LogP contribution is 2.26. The van der Waals surface area contributed by atoms with E-state index >= 15 is 0 Å². The molecule has 0 bridgehead atoms. The van der Waals surface area contributed by atoms with Crippen LogP contribution in [0.5, 0.6) is 0 Å². The van der Waals surface area contributed by atoms with Crippen LogP contribution in [0.4, 0.5) is 5.82 Å². The third-order valence-electron chi connectivity index (χ3n) is 4.59. The van der Waals surface area contributed by atoms with E-state index in [0.717, 1.165) is 27.6 Å². The fourth-order valence-corrected chi connectivity index (χ4v) is 3.17. The zero-order chi connectivity index (χ0) is 21.1. The zero-order valence-corrected chi connectivity index (χ0v) is 16.7. The molecule has 3 rings (SSSR count). The SMILES string of the molecule is COC(=O)CCC(=O)Nc1c(C#N)cnn1-c1cc(C)c2cc(C)cc(C)c2n1. The molecule has 0 radical (unpaired) electrons. The van der Waals surface area contributed by atoms with E-state index in [1.165, 1.54) is 18.0 Å². The summed E-state index contributed by atoms with van der Waals surface area (Å²) in [5, 5.41) is 17.4. The van der Waals surface area contributed by atoms with Gasteiger partial charge >= 0.3 is 5.97 Å². The molecule has 1 N–H and O–H groups in total. The number of ether oxygens (including phenoxy) is 1. The lowest BCUT2D eigenvalue weighted by molar-refractivity contribution is -0.141. The first-order valence-corrected chi connectivity index (χ1v) is 9.07. The molecule has 8 nitrogen and oxygen atoms in total. The lowest BCUT2D eigenvalue weighted by atomic mass is 10.0. The largest absolute Gasteiger partial charge is 0.469 e. The molecule has 0 saturated heterocycles. The van der Waals surface area contributed by atoms with Gasteiger partial charge in [0.05, 0.1) is 25.2 Å². The summed E-state index contributed by atoms with van der Waals surface area (Å²) in [7, 11) is 1.26. The van der Waals surface area contributed by atoms with Crippen LogP contribution in [0.3, 0.4) is 0 Å². The number of hydrogen-bond acceptors (Lipinski definition) is 6. The molecule has 0 spiro atoms. The summed E-state index contributed by atoms with van der Waals surface area (Å²) in [4.78, 5) is 28.2. The number of carbonyl (C=O) groups is 2. The Morgan fingerprint density at radius 2 is 1.93 bits per heavy atom. The number of nitrogens with zero attached hydrogens (tertiary/aromatic N) is 4. The third-order valence-corrected chi connectivity index (χ3v) is 4.59. The number of amides is 1. The maximum absolute atomic E-state index is 12.3. The first-order chi connectivity index (χ1) is 13.8. The quantitative estimate of drug-likeness (QED) is 0.669. The number of rotatable bonds is 5. The second kappa shape index (κ2) is 8.10. The number of pyridine rings is 1. The Labute approximate surface area is 168 Å². The molecule has 1 amide bonds. The Hall–Kier alpha value is -3.73. The standard InChI is InChI=1S/C21H21N5O3/c1-12-7-14(3)20-16(8-12)13(2)9-17(24-20)26-21(15(10-22)11-23-26)25-18(27)5-6-19(28)29-4/h7-9,11H,5-6H2,1-4H3,(H,25,27). The van der Waals surface area contributed by atoms with Crippen LogP contribution < -0.4 is 5.32 Å². The van der Waals surface area contributed by atoms with Crippen LogP contribution in [0.1, 0.15) is 35.1 Å². The molecule has 0 aliphatic carbocycles. The van der Waals surface area contributed by atoms with Crippen molar-refractivity contribution in [2.24, 2.45) is 0 Å². The van der Waals surface area contributed by atoms with Gasteiger partial charge < -0.3 is 10.1 Å². The average Bonchev–Trinajstić information content (AvgIpc) is 3.09. The molecular formula is C21H21N5O3. The van der Waals surface area contributed by atoms with E-state index < -0.39 is 11.9 Å². The first-order valence-electron chi connectivity index (χ1n) is 9.07. The molecule has 0 saturated carbocycles. The maximum Gasteiger partial charge on any atom is 0.306 e. The van der Waals surface area contributed by atoms with Crippen molar-refractivity contribution in [3.8, 4) is 11.9 Å². The number of aromatic nitrogens is 3. The van der Waals surface area contributed by atoms with Crippen LogP contribution in [0.25, 0.3) is 16.7 Å². The normalized spacial score (nSPS) is 10.6. The minimum absolute atomic E-state index is 0.0514. The molecule has 3 aromatic rings. The topological polar surface area (TPSA) is 110 Å². The van der Waals surface area contributed by atoms with Crippen molar-refractivity contribution in [2.75, 3.05) is 12.4 Å². The number of hydrogen-bond donors (Lipinski definition) is 1. The molecule has 8 heteroatoms. The Kier molecular flexibility index (Phi) is 5.59. The van der Waals surface area contributed by atoms with Gasteiger partial charge in [-0.2, -0.15) is 15.0 Å². The van der Waals surface area contributed by atoms with Gasteiger partial charge in [0, 0.05) is 11.8 Å². The molecule has 1 aromatic carbocycles. The van der Waals surface area contributed by atoms with Gasteiger partial charge in [0.1, 0.15) is 11.6 Å². The lowest BCUT2D eigenvalue weighted by Gasteiger charge is -2.12. The fraction of sp³-hybridized carbons (Fsp3) is 0.286. The second-order valence-electron chi connectivity index (χ2n) is 6.83. The van der Waals surface area contributed by atoms with Gasteiger partial charge in [-0.15, -0.1) is 0 Å².